The van der Waals surface area contributed by atoms with E-state index in [0.717, 1.165) is 28.3 Å². The summed E-state index contributed by atoms with van der Waals surface area (Å²) in [6.07, 6.45) is 2.39. The van der Waals surface area contributed by atoms with E-state index in [1.165, 1.54) is 11.3 Å². The molecule has 26 heavy (non-hydrogen) atoms. The molecule has 0 aliphatic carbocycles. The molecular formula is C20H20N2O3S. The number of nitrogens with zero attached hydrogens (tertiary/aromatic N) is 2. The van der Waals surface area contributed by atoms with Gasteiger partial charge in [-0.25, -0.2) is 0 Å². The normalized spacial score (nSPS) is 11.4. The first-order valence-corrected chi connectivity index (χ1v) is 9.02. The molecule has 0 radical (unpaired) electrons. The number of hydrogen-bond donors (Lipinski definition) is 1. The molecule has 3 rings (SSSR count). The molecule has 0 fully saturated rings. The van der Waals surface area contributed by atoms with Crippen LogP contribution >= 0.6 is 11.3 Å². The first-order chi connectivity index (χ1) is 12.7. The number of aliphatic hydroxyl groups excluding tert-OH is 1. The number of aromatic nitrogens is 2. The van der Waals surface area contributed by atoms with Gasteiger partial charge in [0, 0.05) is 17.7 Å². The zero-order valence-corrected chi connectivity index (χ0v) is 15.7. The SMILES string of the molecule is CCc1cc(C(O)=Cc2nnc(-c3ccccc3)s2)c(OC)cc1OC. The van der Waals surface area contributed by atoms with Gasteiger partial charge in [-0.15, -0.1) is 10.2 Å². The lowest BCUT2D eigenvalue weighted by Gasteiger charge is -2.13. The summed E-state index contributed by atoms with van der Waals surface area (Å²) in [4.78, 5) is 0. The van der Waals surface area contributed by atoms with Crippen molar-refractivity contribution in [2.75, 3.05) is 14.2 Å². The lowest BCUT2D eigenvalue weighted by atomic mass is 10.0. The van der Waals surface area contributed by atoms with E-state index >= 15 is 0 Å². The molecule has 1 N–H and O–H groups in total. The van der Waals surface area contributed by atoms with Gasteiger partial charge in [0.15, 0.2) is 0 Å². The minimum Gasteiger partial charge on any atom is -0.507 e. The molecule has 0 aliphatic rings. The van der Waals surface area contributed by atoms with Gasteiger partial charge in [0.1, 0.15) is 27.3 Å². The molecule has 0 aliphatic heterocycles. The van der Waals surface area contributed by atoms with Gasteiger partial charge in [0.2, 0.25) is 0 Å². The molecule has 0 atom stereocenters. The van der Waals surface area contributed by atoms with Crippen LogP contribution in [-0.4, -0.2) is 29.5 Å². The molecule has 0 unspecified atom stereocenters. The Balaban J connectivity index is 1.96. The van der Waals surface area contributed by atoms with Gasteiger partial charge < -0.3 is 14.6 Å². The van der Waals surface area contributed by atoms with E-state index in [-0.39, 0.29) is 5.76 Å². The van der Waals surface area contributed by atoms with Crippen LogP contribution in [0.3, 0.4) is 0 Å². The fraction of sp³-hybridized carbons (Fsp3) is 0.200. The Morgan fingerprint density at radius 1 is 1.08 bits per heavy atom. The van der Waals surface area contributed by atoms with E-state index in [2.05, 4.69) is 10.2 Å². The molecule has 0 spiro atoms. The number of ether oxygens (including phenoxy) is 2. The Morgan fingerprint density at radius 3 is 2.46 bits per heavy atom. The highest BCUT2D eigenvalue weighted by atomic mass is 32.1. The third-order valence-corrected chi connectivity index (χ3v) is 4.90. The number of aliphatic hydroxyl groups is 1. The highest BCUT2D eigenvalue weighted by molar-refractivity contribution is 7.15. The van der Waals surface area contributed by atoms with Crippen LogP contribution in [0, 0.1) is 0 Å². The van der Waals surface area contributed by atoms with Gasteiger partial charge in [-0.3, -0.25) is 0 Å². The number of benzene rings is 2. The molecule has 134 valence electrons. The molecule has 6 heteroatoms. The molecule has 0 saturated carbocycles. The zero-order valence-electron chi connectivity index (χ0n) is 14.9. The third kappa shape index (κ3) is 3.70. The van der Waals surface area contributed by atoms with Gasteiger partial charge in [0.25, 0.3) is 0 Å². The van der Waals surface area contributed by atoms with Gasteiger partial charge in [-0.05, 0) is 18.1 Å². The molecular weight excluding hydrogens is 348 g/mol. The van der Waals surface area contributed by atoms with Crippen molar-refractivity contribution in [3.05, 3.63) is 58.6 Å². The van der Waals surface area contributed by atoms with Crippen molar-refractivity contribution in [1.82, 2.24) is 10.2 Å². The summed E-state index contributed by atoms with van der Waals surface area (Å²) in [6.45, 7) is 2.03. The van der Waals surface area contributed by atoms with Crippen LogP contribution in [0.2, 0.25) is 0 Å². The molecule has 1 heterocycles. The molecule has 0 saturated heterocycles. The standard InChI is InChI=1S/C20H20N2O3S/c1-4-13-10-15(18(25-3)12-17(13)24-2)16(23)11-19-21-22-20(26-19)14-8-6-5-7-9-14/h5-12,23H,4H2,1-3H3. The van der Waals surface area contributed by atoms with Crippen LogP contribution in [0.15, 0.2) is 42.5 Å². The quantitative estimate of drug-likeness (QED) is 0.631. The highest BCUT2D eigenvalue weighted by Crippen LogP contribution is 2.34. The molecule has 3 aromatic rings. The van der Waals surface area contributed by atoms with E-state index in [1.54, 1.807) is 26.4 Å². The Hall–Kier alpha value is -2.86. The first-order valence-electron chi connectivity index (χ1n) is 8.21. The fourth-order valence-corrected chi connectivity index (χ4v) is 3.41. The van der Waals surface area contributed by atoms with Crippen molar-refractivity contribution < 1.29 is 14.6 Å². The third-order valence-electron chi connectivity index (χ3n) is 3.98. The fourth-order valence-electron chi connectivity index (χ4n) is 2.63. The summed E-state index contributed by atoms with van der Waals surface area (Å²) in [5.74, 6) is 1.36. The summed E-state index contributed by atoms with van der Waals surface area (Å²) in [5, 5.41) is 20.4. The minimum atomic E-state index is 0.0787. The molecule has 0 amide bonds. The van der Waals surface area contributed by atoms with E-state index in [9.17, 15) is 5.11 Å². The van der Waals surface area contributed by atoms with E-state index < -0.39 is 0 Å². The topological polar surface area (TPSA) is 64.5 Å². The largest absolute Gasteiger partial charge is 0.507 e. The number of hydrogen-bond acceptors (Lipinski definition) is 6. The predicted molar refractivity (Wildman–Crippen MR) is 105 cm³/mol. The van der Waals surface area contributed by atoms with Crippen molar-refractivity contribution >= 4 is 23.2 Å². The van der Waals surface area contributed by atoms with Gasteiger partial charge >= 0.3 is 0 Å². The summed E-state index contributed by atoms with van der Waals surface area (Å²) in [7, 11) is 3.19. The average Bonchev–Trinajstić information content (AvgIpc) is 3.15. The average molecular weight is 368 g/mol. The Labute approximate surface area is 156 Å². The predicted octanol–water partition coefficient (Wildman–Crippen LogP) is 4.84. The second-order valence-corrected chi connectivity index (χ2v) is 6.57. The summed E-state index contributed by atoms with van der Waals surface area (Å²) >= 11 is 1.42. The first kappa shape index (κ1) is 17.9. The maximum atomic E-state index is 10.6. The van der Waals surface area contributed by atoms with Crippen molar-refractivity contribution in [1.29, 1.82) is 0 Å². The van der Waals surface area contributed by atoms with Crippen LogP contribution in [0.1, 0.15) is 23.1 Å². The van der Waals surface area contributed by atoms with Gasteiger partial charge in [-0.1, -0.05) is 48.6 Å². The van der Waals surface area contributed by atoms with Crippen LogP contribution in [0.25, 0.3) is 22.4 Å². The smallest absolute Gasteiger partial charge is 0.148 e. The maximum Gasteiger partial charge on any atom is 0.148 e. The van der Waals surface area contributed by atoms with Gasteiger partial charge in [0.05, 0.1) is 19.8 Å². The van der Waals surface area contributed by atoms with Crippen LogP contribution in [0.4, 0.5) is 0 Å². The molecule has 5 nitrogen and oxygen atoms in total. The zero-order chi connectivity index (χ0) is 18.5. The lowest BCUT2D eigenvalue weighted by molar-refractivity contribution is 0.388. The second kappa shape index (κ2) is 8.01. The van der Waals surface area contributed by atoms with Crippen LogP contribution in [0.5, 0.6) is 11.5 Å². The maximum absolute atomic E-state index is 10.6. The summed E-state index contributed by atoms with van der Waals surface area (Å²) in [5.41, 5.74) is 2.59. The monoisotopic (exact) mass is 368 g/mol. The highest BCUT2D eigenvalue weighted by Gasteiger charge is 2.14. The number of methoxy groups -OCH3 is 2. The second-order valence-electron chi connectivity index (χ2n) is 5.56. The van der Waals surface area contributed by atoms with Crippen molar-refractivity contribution in [2.24, 2.45) is 0 Å². The molecule has 2 aromatic carbocycles. The van der Waals surface area contributed by atoms with E-state index in [0.29, 0.717) is 16.3 Å². The number of aryl methyl sites for hydroxylation is 1. The van der Waals surface area contributed by atoms with Crippen LogP contribution < -0.4 is 9.47 Å². The summed E-state index contributed by atoms with van der Waals surface area (Å²) < 4.78 is 10.8. The van der Waals surface area contributed by atoms with Crippen molar-refractivity contribution in [2.45, 2.75) is 13.3 Å². The summed E-state index contributed by atoms with van der Waals surface area (Å²) in [6, 6.07) is 13.5. The van der Waals surface area contributed by atoms with Crippen LogP contribution in [-0.2, 0) is 6.42 Å². The minimum absolute atomic E-state index is 0.0787. The molecule has 1 aromatic heterocycles. The lowest BCUT2D eigenvalue weighted by Crippen LogP contribution is -1.97. The Bertz CT molecular complexity index is 920. The Kier molecular flexibility index (Phi) is 5.53. The van der Waals surface area contributed by atoms with Gasteiger partial charge in [-0.2, -0.15) is 0 Å². The van der Waals surface area contributed by atoms with E-state index in [4.69, 9.17) is 9.47 Å². The Morgan fingerprint density at radius 2 is 1.81 bits per heavy atom. The van der Waals surface area contributed by atoms with E-state index in [1.807, 2.05) is 43.3 Å². The van der Waals surface area contributed by atoms with Crippen molar-refractivity contribution in [3.8, 4) is 22.1 Å². The number of rotatable bonds is 6. The van der Waals surface area contributed by atoms with Crippen molar-refractivity contribution in [3.63, 3.8) is 0 Å². The molecule has 0 bridgehead atoms.